The van der Waals surface area contributed by atoms with Gasteiger partial charge in [-0.15, -0.1) is 0 Å². The zero-order valence-corrected chi connectivity index (χ0v) is 13.9. The van der Waals surface area contributed by atoms with Crippen LogP contribution in [0.4, 0.5) is 0 Å². The van der Waals surface area contributed by atoms with Crippen LogP contribution in [0.15, 0.2) is 40.8 Å². The molecule has 5 heteroatoms. The monoisotopic (exact) mass is 324 g/mol. The third-order valence-electron chi connectivity index (χ3n) is 4.49. The Kier molecular flexibility index (Phi) is 3.86. The molecule has 2 aromatic carbocycles. The standard InChI is InChI=1S/C19H20N2O3/c1-22-17-9-13-7-8-21(11-14(13)10-18(17)23-2)12-19-20-15-5-3-4-6-16(15)24-19/h3-6,9-10H,7-8,11-12H2,1-2H3. The Morgan fingerprint density at radius 2 is 1.83 bits per heavy atom. The average Bonchev–Trinajstić information content (AvgIpc) is 3.02. The van der Waals surface area contributed by atoms with Crippen molar-refractivity contribution >= 4 is 11.1 Å². The van der Waals surface area contributed by atoms with Crippen LogP contribution in [0.2, 0.25) is 0 Å². The van der Waals surface area contributed by atoms with Gasteiger partial charge >= 0.3 is 0 Å². The van der Waals surface area contributed by atoms with Crippen molar-refractivity contribution in [2.75, 3.05) is 20.8 Å². The maximum absolute atomic E-state index is 5.84. The van der Waals surface area contributed by atoms with Gasteiger partial charge in [0.1, 0.15) is 5.52 Å². The van der Waals surface area contributed by atoms with Crippen LogP contribution in [0, 0.1) is 0 Å². The van der Waals surface area contributed by atoms with Crippen molar-refractivity contribution in [3.63, 3.8) is 0 Å². The van der Waals surface area contributed by atoms with Crippen LogP contribution >= 0.6 is 0 Å². The Morgan fingerprint density at radius 1 is 1.08 bits per heavy atom. The van der Waals surface area contributed by atoms with E-state index in [4.69, 9.17) is 13.9 Å². The Hall–Kier alpha value is -2.53. The van der Waals surface area contributed by atoms with Crippen molar-refractivity contribution in [2.45, 2.75) is 19.5 Å². The van der Waals surface area contributed by atoms with Gasteiger partial charge in [-0.05, 0) is 41.8 Å². The molecular weight excluding hydrogens is 304 g/mol. The van der Waals surface area contributed by atoms with E-state index in [0.29, 0.717) is 6.54 Å². The fourth-order valence-electron chi connectivity index (χ4n) is 3.26. The minimum absolute atomic E-state index is 0.711. The first-order valence-corrected chi connectivity index (χ1v) is 8.07. The fraction of sp³-hybridized carbons (Fsp3) is 0.316. The van der Waals surface area contributed by atoms with Crippen LogP contribution in [0.5, 0.6) is 11.5 Å². The fourth-order valence-corrected chi connectivity index (χ4v) is 3.26. The van der Waals surface area contributed by atoms with Gasteiger partial charge in [-0.2, -0.15) is 0 Å². The summed E-state index contributed by atoms with van der Waals surface area (Å²) in [6.07, 6.45) is 0.982. The molecule has 1 aromatic heterocycles. The molecular formula is C19H20N2O3. The van der Waals surface area contributed by atoms with Gasteiger partial charge in [0.25, 0.3) is 0 Å². The first-order valence-electron chi connectivity index (χ1n) is 8.07. The van der Waals surface area contributed by atoms with Gasteiger partial charge in [0.05, 0.1) is 20.8 Å². The molecule has 24 heavy (non-hydrogen) atoms. The number of methoxy groups -OCH3 is 2. The van der Waals surface area contributed by atoms with Gasteiger partial charge in [0.15, 0.2) is 17.1 Å². The second-order valence-corrected chi connectivity index (χ2v) is 6.01. The summed E-state index contributed by atoms with van der Waals surface area (Å²) in [5, 5.41) is 0. The largest absolute Gasteiger partial charge is 0.493 e. The van der Waals surface area contributed by atoms with E-state index in [9.17, 15) is 0 Å². The highest BCUT2D eigenvalue weighted by Gasteiger charge is 2.21. The van der Waals surface area contributed by atoms with Gasteiger partial charge in [-0.25, -0.2) is 4.98 Å². The summed E-state index contributed by atoms with van der Waals surface area (Å²) in [6.45, 7) is 2.54. The maximum Gasteiger partial charge on any atom is 0.209 e. The molecule has 0 fully saturated rings. The number of ether oxygens (including phenoxy) is 2. The van der Waals surface area contributed by atoms with Crippen LogP contribution < -0.4 is 9.47 Å². The van der Waals surface area contributed by atoms with Crippen LogP contribution in [-0.4, -0.2) is 30.6 Å². The molecule has 2 heterocycles. The lowest BCUT2D eigenvalue weighted by Gasteiger charge is -2.28. The van der Waals surface area contributed by atoms with Crippen molar-refractivity contribution in [3.05, 3.63) is 53.4 Å². The van der Waals surface area contributed by atoms with Gasteiger partial charge in [-0.3, -0.25) is 4.90 Å². The molecule has 0 N–H and O–H groups in total. The van der Waals surface area contributed by atoms with Crippen LogP contribution in [-0.2, 0) is 19.5 Å². The molecule has 0 aliphatic carbocycles. The summed E-state index contributed by atoms with van der Waals surface area (Å²) in [5.74, 6) is 2.34. The first kappa shape index (κ1) is 15.0. The summed E-state index contributed by atoms with van der Waals surface area (Å²) in [7, 11) is 3.34. The lowest BCUT2D eigenvalue weighted by atomic mass is 9.99. The predicted molar refractivity (Wildman–Crippen MR) is 91.4 cm³/mol. The molecule has 0 bridgehead atoms. The van der Waals surface area contributed by atoms with E-state index < -0.39 is 0 Å². The van der Waals surface area contributed by atoms with Crippen molar-refractivity contribution in [1.82, 2.24) is 9.88 Å². The van der Waals surface area contributed by atoms with Crippen molar-refractivity contribution in [2.24, 2.45) is 0 Å². The molecule has 124 valence electrons. The zero-order valence-electron chi connectivity index (χ0n) is 13.9. The summed E-state index contributed by atoms with van der Waals surface area (Å²) in [6, 6.07) is 12.0. The summed E-state index contributed by atoms with van der Waals surface area (Å²) in [5.41, 5.74) is 4.35. The number of hydrogen-bond donors (Lipinski definition) is 0. The quantitative estimate of drug-likeness (QED) is 0.736. The Labute approximate surface area is 140 Å². The van der Waals surface area contributed by atoms with E-state index >= 15 is 0 Å². The van der Waals surface area contributed by atoms with Crippen LogP contribution in [0.1, 0.15) is 17.0 Å². The van der Waals surface area contributed by atoms with Crippen molar-refractivity contribution in [1.29, 1.82) is 0 Å². The van der Waals surface area contributed by atoms with Crippen LogP contribution in [0.3, 0.4) is 0 Å². The molecule has 3 aromatic rings. The number of hydrogen-bond acceptors (Lipinski definition) is 5. The zero-order chi connectivity index (χ0) is 16.5. The average molecular weight is 324 g/mol. The molecule has 0 spiro atoms. The maximum atomic E-state index is 5.84. The number of oxazole rings is 1. The Balaban J connectivity index is 1.55. The normalized spacial score (nSPS) is 14.6. The third kappa shape index (κ3) is 2.71. The summed E-state index contributed by atoms with van der Waals surface area (Å²) in [4.78, 5) is 6.92. The molecule has 5 nitrogen and oxygen atoms in total. The molecule has 0 amide bonds. The lowest BCUT2D eigenvalue weighted by Crippen LogP contribution is -2.30. The van der Waals surface area contributed by atoms with Gasteiger partial charge in [0.2, 0.25) is 5.89 Å². The number of rotatable bonds is 4. The SMILES string of the molecule is COc1cc2c(cc1OC)CN(Cc1nc3ccccc3o1)CC2. The number of fused-ring (bicyclic) bond motifs is 2. The van der Waals surface area contributed by atoms with E-state index in [2.05, 4.69) is 22.0 Å². The van der Waals surface area contributed by atoms with Gasteiger partial charge < -0.3 is 13.9 Å². The Bertz CT molecular complexity index is 839. The van der Waals surface area contributed by atoms with E-state index in [1.54, 1.807) is 14.2 Å². The predicted octanol–water partition coefficient (Wildman–Crippen LogP) is 3.40. The van der Waals surface area contributed by atoms with E-state index in [-0.39, 0.29) is 0 Å². The number of aromatic nitrogens is 1. The molecule has 1 aliphatic heterocycles. The van der Waals surface area contributed by atoms with E-state index in [1.807, 2.05) is 24.3 Å². The van der Waals surface area contributed by atoms with Crippen LogP contribution in [0.25, 0.3) is 11.1 Å². The second kappa shape index (κ2) is 6.17. The van der Waals surface area contributed by atoms with Gasteiger partial charge in [0, 0.05) is 13.1 Å². The topological polar surface area (TPSA) is 47.7 Å². The molecule has 0 saturated carbocycles. The number of nitrogens with zero attached hydrogens (tertiary/aromatic N) is 2. The highest BCUT2D eigenvalue weighted by Crippen LogP contribution is 2.33. The highest BCUT2D eigenvalue weighted by atomic mass is 16.5. The molecule has 0 radical (unpaired) electrons. The van der Waals surface area contributed by atoms with E-state index in [1.165, 1.54) is 11.1 Å². The third-order valence-corrected chi connectivity index (χ3v) is 4.49. The summed E-state index contributed by atoms with van der Waals surface area (Å²) >= 11 is 0. The highest BCUT2D eigenvalue weighted by molar-refractivity contribution is 5.72. The minimum Gasteiger partial charge on any atom is -0.493 e. The molecule has 1 aliphatic rings. The summed E-state index contributed by atoms with van der Waals surface area (Å²) < 4.78 is 16.7. The lowest BCUT2D eigenvalue weighted by molar-refractivity contribution is 0.222. The molecule has 4 rings (SSSR count). The molecule has 0 saturated heterocycles. The van der Waals surface area contributed by atoms with Crippen molar-refractivity contribution < 1.29 is 13.9 Å². The second-order valence-electron chi connectivity index (χ2n) is 6.01. The minimum atomic E-state index is 0.711. The number of benzene rings is 2. The first-order chi connectivity index (χ1) is 11.8. The smallest absolute Gasteiger partial charge is 0.209 e. The molecule has 0 unspecified atom stereocenters. The van der Waals surface area contributed by atoms with Gasteiger partial charge in [-0.1, -0.05) is 12.1 Å². The molecule has 0 atom stereocenters. The van der Waals surface area contributed by atoms with Crippen molar-refractivity contribution in [3.8, 4) is 11.5 Å². The Morgan fingerprint density at radius 3 is 2.58 bits per heavy atom. The number of para-hydroxylation sites is 2. The van der Waals surface area contributed by atoms with E-state index in [0.717, 1.165) is 48.0 Å².